The molecule has 2 heterocycles. The molecule has 0 bridgehead atoms. The summed E-state index contributed by atoms with van der Waals surface area (Å²) in [6.45, 7) is 0. The topological polar surface area (TPSA) is 52.0 Å². The number of benzene rings is 1. The van der Waals surface area contributed by atoms with Crippen LogP contribution in [0.3, 0.4) is 0 Å². The van der Waals surface area contributed by atoms with Gasteiger partial charge in [-0.2, -0.15) is 4.98 Å². The first-order valence-electron chi connectivity index (χ1n) is 5.99. The van der Waals surface area contributed by atoms with Crippen LogP contribution in [-0.4, -0.2) is 21.6 Å². The minimum absolute atomic E-state index is 0.565. The van der Waals surface area contributed by atoms with Crippen molar-refractivity contribution in [1.82, 2.24) is 14.5 Å². The Labute approximate surface area is 110 Å². The van der Waals surface area contributed by atoms with Gasteiger partial charge < -0.3 is 14.6 Å². The molecule has 0 aliphatic heterocycles. The first kappa shape index (κ1) is 11.5. The van der Waals surface area contributed by atoms with Gasteiger partial charge in [0.15, 0.2) is 0 Å². The van der Waals surface area contributed by atoms with E-state index in [0.29, 0.717) is 5.88 Å². The van der Waals surface area contributed by atoms with E-state index in [-0.39, 0.29) is 0 Å². The number of ether oxygens (including phenoxy) is 1. The average Bonchev–Trinajstić information content (AvgIpc) is 2.83. The standard InChI is InChI=1S/C14H14N4O/c1-15-10-3-5-11(6-4-10)19-14-13-12(16-9-17-14)7-8-18(13)2/h3-9,15H,1-2H3. The molecule has 0 saturated heterocycles. The Hall–Kier alpha value is -2.56. The molecule has 0 amide bonds. The van der Waals surface area contributed by atoms with Crippen molar-refractivity contribution in [2.24, 2.45) is 7.05 Å². The van der Waals surface area contributed by atoms with E-state index in [1.807, 2.05) is 55.2 Å². The molecule has 3 aromatic rings. The first-order valence-corrected chi connectivity index (χ1v) is 5.99. The second-order valence-corrected chi connectivity index (χ2v) is 4.22. The molecule has 0 atom stereocenters. The van der Waals surface area contributed by atoms with Gasteiger partial charge in [0, 0.05) is 26.0 Å². The monoisotopic (exact) mass is 254 g/mol. The van der Waals surface area contributed by atoms with Crippen LogP contribution >= 0.6 is 0 Å². The van der Waals surface area contributed by atoms with Crippen LogP contribution in [0.5, 0.6) is 11.6 Å². The summed E-state index contributed by atoms with van der Waals surface area (Å²) in [7, 11) is 3.83. The van der Waals surface area contributed by atoms with Gasteiger partial charge >= 0.3 is 0 Å². The van der Waals surface area contributed by atoms with Gasteiger partial charge in [-0.3, -0.25) is 0 Å². The summed E-state index contributed by atoms with van der Waals surface area (Å²) >= 11 is 0. The van der Waals surface area contributed by atoms with Crippen molar-refractivity contribution in [3.8, 4) is 11.6 Å². The van der Waals surface area contributed by atoms with E-state index in [1.165, 1.54) is 6.33 Å². The molecule has 3 rings (SSSR count). The number of nitrogens with one attached hydrogen (secondary N) is 1. The molecule has 0 aliphatic rings. The number of nitrogens with zero attached hydrogens (tertiary/aromatic N) is 3. The second kappa shape index (κ2) is 4.61. The van der Waals surface area contributed by atoms with Crippen LogP contribution in [0.15, 0.2) is 42.9 Å². The van der Waals surface area contributed by atoms with Crippen molar-refractivity contribution in [1.29, 1.82) is 0 Å². The van der Waals surface area contributed by atoms with Crippen LogP contribution in [0.2, 0.25) is 0 Å². The van der Waals surface area contributed by atoms with Gasteiger partial charge in [0.1, 0.15) is 17.6 Å². The highest BCUT2D eigenvalue weighted by Gasteiger charge is 2.09. The van der Waals surface area contributed by atoms with E-state index in [2.05, 4.69) is 15.3 Å². The zero-order chi connectivity index (χ0) is 13.2. The second-order valence-electron chi connectivity index (χ2n) is 4.22. The average molecular weight is 254 g/mol. The third kappa shape index (κ3) is 2.10. The summed E-state index contributed by atoms with van der Waals surface area (Å²) in [6, 6.07) is 9.66. The predicted molar refractivity (Wildman–Crippen MR) is 74.6 cm³/mol. The van der Waals surface area contributed by atoms with Crippen molar-refractivity contribution in [3.63, 3.8) is 0 Å². The molecule has 0 fully saturated rings. The number of aryl methyl sites for hydroxylation is 1. The fourth-order valence-electron chi connectivity index (χ4n) is 1.96. The smallest absolute Gasteiger partial charge is 0.247 e. The van der Waals surface area contributed by atoms with Gasteiger partial charge in [-0.1, -0.05) is 0 Å². The van der Waals surface area contributed by atoms with Gasteiger partial charge in [-0.15, -0.1) is 0 Å². The van der Waals surface area contributed by atoms with Gasteiger partial charge in [-0.25, -0.2) is 4.98 Å². The maximum atomic E-state index is 5.83. The Bertz CT molecular complexity index is 703. The minimum atomic E-state index is 0.565. The molecule has 0 spiro atoms. The summed E-state index contributed by atoms with van der Waals surface area (Å²) in [6.07, 6.45) is 3.45. The lowest BCUT2D eigenvalue weighted by molar-refractivity contribution is 0.465. The lowest BCUT2D eigenvalue weighted by Crippen LogP contribution is -1.94. The third-order valence-corrected chi connectivity index (χ3v) is 2.98. The molecule has 1 aromatic carbocycles. The van der Waals surface area contributed by atoms with Gasteiger partial charge in [0.2, 0.25) is 5.88 Å². The Balaban J connectivity index is 1.98. The number of fused-ring (bicyclic) bond motifs is 1. The van der Waals surface area contributed by atoms with Gasteiger partial charge in [0.05, 0.1) is 5.52 Å². The molecule has 0 unspecified atom stereocenters. The van der Waals surface area contributed by atoms with E-state index < -0.39 is 0 Å². The highest BCUT2D eigenvalue weighted by atomic mass is 16.5. The van der Waals surface area contributed by atoms with Crippen molar-refractivity contribution in [2.75, 3.05) is 12.4 Å². The quantitative estimate of drug-likeness (QED) is 0.780. The zero-order valence-electron chi connectivity index (χ0n) is 10.8. The van der Waals surface area contributed by atoms with Crippen molar-refractivity contribution in [3.05, 3.63) is 42.9 Å². The highest BCUT2D eigenvalue weighted by Crippen LogP contribution is 2.27. The molecule has 96 valence electrons. The summed E-state index contributed by atoms with van der Waals surface area (Å²) in [4.78, 5) is 8.42. The summed E-state index contributed by atoms with van der Waals surface area (Å²) in [5.41, 5.74) is 2.80. The molecule has 0 saturated carbocycles. The predicted octanol–water partition coefficient (Wildman–Crippen LogP) is 2.80. The van der Waals surface area contributed by atoms with E-state index in [9.17, 15) is 0 Å². The molecule has 0 radical (unpaired) electrons. The number of aromatic nitrogens is 3. The van der Waals surface area contributed by atoms with E-state index in [4.69, 9.17) is 4.74 Å². The summed E-state index contributed by atoms with van der Waals surface area (Å²) in [5, 5.41) is 3.07. The third-order valence-electron chi connectivity index (χ3n) is 2.98. The Morgan fingerprint density at radius 2 is 1.89 bits per heavy atom. The minimum Gasteiger partial charge on any atom is -0.437 e. The molecule has 19 heavy (non-hydrogen) atoms. The van der Waals surface area contributed by atoms with Crippen LogP contribution in [-0.2, 0) is 7.05 Å². The van der Waals surface area contributed by atoms with Crippen molar-refractivity contribution < 1.29 is 4.74 Å². The molecule has 2 aromatic heterocycles. The SMILES string of the molecule is CNc1ccc(Oc2ncnc3ccn(C)c23)cc1. The molecule has 5 heteroatoms. The van der Waals surface area contributed by atoms with Crippen LogP contribution in [0.4, 0.5) is 5.69 Å². The normalized spacial score (nSPS) is 10.6. The largest absolute Gasteiger partial charge is 0.437 e. The first-order chi connectivity index (χ1) is 9.28. The Kier molecular flexibility index (Phi) is 2.79. The lowest BCUT2D eigenvalue weighted by Gasteiger charge is -2.07. The van der Waals surface area contributed by atoms with Crippen LogP contribution in [0, 0.1) is 0 Å². The van der Waals surface area contributed by atoms with Gasteiger partial charge in [0.25, 0.3) is 0 Å². The number of hydrogen-bond acceptors (Lipinski definition) is 4. The zero-order valence-corrected chi connectivity index (χ0v) is 10.8. The molecular weight excluding hydrogens is 240 g/mol. The number of anilines is 1. The van der Waals surface area contributed by atoms with Crippen LogP contribution in [0.25, 0.3) is 11.0 Å². The molecule has 5 nitrogen and oxygen atoms in total. The molecular formula is C14H14N4O. The lowest BCUT2D eigenvalue weighted by atomic mass is 10.3. The molecule has 1 N–H and O–H groups in total. The molecule has 0 aliphatic carbocycles. The fourth-order valence-corrected chi connectivity index (χ4v) is 1.96. The summed E-state index contributed by atoms with van der Waals surface area (Å²) < 4.78 is 7.78. The van der Waals surface area contributed by atoms with E-state index >= 15 is 0 Å². The fraction of sp³-hybridized carbons (Fsp3) is 0.143. The van der Waals surface area contributed by atoms with Gasteiger partial charge in [-0.05, 0) is 30.3 Å². The Morgan fingerprint density at radius 3 is 2.63 bits per heavy atom. The van der Waals surface area contributed by atoms with E-state index in [1.54, 1.807) is 0 Å². The van der Waals surface area contributed by atoms with Crippen molar-refractivity contribution in [2.45, 2.75) is 0 Å². The van der Waals surface area contributed by atoms with Crippen molar-refractivity contribution >= 4 is 16.7 Å². The number of rotatable bonds is 3. The number of hydrogen-bond donors (Lipinski definition) is 1. The highest BCUT2D eigenvalue weighted by molar-refractivity contribution is 5.80. The Morgan fingerprint density at radius 1 is 1.11 bits per heavy atom. The van der Waals surface area contributed by atoms with Crippen LogP contribution < -0.4 is 10.1 Å². The van der Waals surface area contributed by atoms with Crippen LogP contribution in [0.1, 0.15) is 0 Å². The maximum absolute atomic E-state index is 5.83. The van der Waals surface area contributed by atoms with E-state index in [0.717, 1.165) is 22.5 Å². The maximum Gasteiger partial charge on any atom is 0.247 e. The summed E-state index contributed by atoms with van der Waals surface area (Å²) in [5.74, 6) is 1.31.